The molecule has 0 aromatic heterocycles. The molecule has 0 saturated carbocycles. The number of hydrogen-bond donors (Lipinski definition) is 3. The highest BCUT2D eigenvalue weighted by Gasteiger charge is 2.17. The topological polar surface area (TPSA) is 61.7 Å². The summed E-state index contributed by atoms with van der Waals surface area (Å²) in [7, 11) is -1.69. The van der Waals surface area contributed by atoms with E-state index in [4.69, 9.17) is 38.6 Å². The highest BCUT2D eigenvalue weighted by molar-refractivity contribution is 7.80. The van der Waals surface area contributed by atoms with Crippen LogP contribution in [0.1, 0.15) is 0 Å². The van der Waals surface area contributed by atoms with Gasteiger partial charge in [0.25, 0.3) is 5.17 Å². The number of hydrogen-bond acceptors (Lipinski definition) is 4. The van der Waals surface area contributed by atoms with Crippen LogP contribution >= 0.6 is 23.8 Å². The third-order valence-corrected chi connectivity index (χ3v) is 3.17. The SMILES string of the molecule is OB(O)c1cccc(NC(=S)Oc2ccc(F)cc2)c1Cl. The minimum absolute atomic E-state index is 0.00640. The molecule has 0 radical (unpaired) electrons. The second kappa shape index (κ2) is 6.86. The van der Waals surface area contributed by atoms with Crippen LogP contribution in [0.2, 0.25) is 5.02 Å². The lowest BCUT2D eigenvalue weighted by Crippen LogP contribution is -2.31. The molecule has 2 aromatic rings. The van der Waals surface area contributed by atoms with Gasteiger partial charge in [0.15, 0.2) is 0 Å². The van der Waals surface area contributed by atoms with Crippen molar-refractivity contribution in [1.82, 2.24) is 0 Å². The first kappa shape index (κ1) is 15.7. The summed E-state index contributed by atoms with van der Waals surface area (Å²) in [6.07, 6.45) is 0. The normalized spacial score (nSPS) is 10.1. The zero-order valence-corrected chi connectivity index (χ0v) is 12.2. The van der Waals surface area contributed by atoms with Gasteiger partial charge in [-0.1, -0.05) is 23.7 Å². The molecule has 2 aromatic carbocycles. The molecule has 21 heavy (non-hydrogen) atoms. The van der Waals surface area contributed by atoms with Crippen LogP contribution in [0, 0.1) is 5.82 Å². The molecule has 0 bridgehead atoms. The molecule has 3 N–H and O–H groups in total. The number of nitrogens with one attached hydrogen (secondary N) is 1. The molecule has 0 amide bonds. The lowest BCUT2D eigenvalue weighted by molar-refractivity contribution is 0.426. The van der Waals surface area contributed by atoms with Crippen LogP contribution in [0.5, 0.6) is 5.75 Å². The van der Waals surface area contributed by atoms with Crippen LogP contribution in [0.25, 0.3) is 0 Å². The van der Waals surface area contributed by atoms with E-state index < -0.39 is 7.12 Å². The zero-order chi connectivity index (χ0) is 15.4. The van der Waals surface area contributed by atoms with Gasteiger partial charge < -0.3 is 20.1 Å². The predicted molar refractivity (Wildman–Crippen MR) is 84.5 cm³/mol. The third kappa shape index (κ3) is 4.15. The first-order valence-electron chi connectivity index (χ1n) is 5.86. The summed E-state index contributed by atoms with van der Waals surface area (Å²) >= 11 is 11.0. The van der Waals surface area contributed by atoms with Gasteiger partial charge in [-0.15, -0.1) is 0 Å². The average molecular weight is 326 g/mol. The number of ether oxygens (including phenoxy) is 1. The number of benzene rings is 2. The van der Waals surface area contributed by atoms with E-state index in [2.05, 4.69) is 5.32 Å². The fraction of sp³-hybridized carbons (Fsp3) is 0. The lowest BCUT2D eigenvalue weighted by atomic mass is 9.80. The molecule has 2 rings (SSSR count). The van der Waals surface area contributed by atoms with Crippen molar-refractivity contribution in [3.8, 4) is 5.75 Å². The fourth-order valence-electron chi connectivity index (χ4n) is 1.59. The number of thiocarbonyl (C=S) groups is 1. The molecular weight excluding hydrogens is 315 g/mol. The molecule has 0 aliphatic rings. The molecule has 0 atom stereocenters. The van der Waals surface area contributed by atoms with Crippen molar-refractivity contribution in [3.63, 3.8) is 0 Å². The molecule has 0 saturated heterocycles. The minimum atomic E-state index is -1.69. The average Bonchev–Trinajstić information content (AvgIpc) is 2.43. The van der Waals surface area contributed by atoms with E-state index in [0.29, 0.717) is 11.4 Å². The van der Waals surface area contributed by atoms with Gasteiger partial charge in [0.05, 0.1) is 10.7 Å². The van der Waals surface area contributed by atoms with Crippen molar-refractivity contribution in [2.24, 2.45) is 0 Å². The van der Waals surface area contributed by atoms with Gasteiger partial charge in [-0.3, -0.25) is 0 Å². The second-order valence-electron chi connectivity index (χ2n) is 4.05. The van der Waals surface area contributed by atoms with Crippen LogP contribution in [-0.2, 0) is 0 Å². The first-order chi connectivity index (χ1) is 9.97. The van der Waals surface area contributed by atoms with Gasteiger partial charge in [0.1, 0.15) is 11.6 Å². The highest BCUT2D eigenvalue weighted by atomic mass is 35.5. The van der Waals surface area contributed by atoms with Crippen molar-refractivity contribution in [2.45, 2.75) is 0 Å². The molecule has 8 heteroatoms. The van der Waals surface area contributed by atoms with Crippen molar-refractivity contribution in [2.75, 3.05) is 5.32 Å². The highest BCUT2D eigenvalue weighted by Crippen LogP contribution is 2.20. The summed E-state index contributed by atoms with van der Waals surface area (Å²) in [6.45, 7) is 0. The summed E-state index contributed by atoms with van der Waals surface area (Å²) in [4.78, 5) is 0. The predicted octanol–water partition coefficient (Wildman–Crippen LogP) is 1.93. The monoisotopic (exact) mass is 325 g/mol. The molecule has 4 nitrogen and oxygen atoms in total. The van der Waals surface area contributed by atoms with Gasteiger partial charge in [-0.25, -0.2) is 4.39 Å². The Bertz CT molecular complexity index is 654. The summed E-state index contributed by atoms with van der Waals surface area (Å²) in [5.41, 5.74) is 0.514. The number of rotatable bonds is 3. The van der Waals surface area contributed by atoms with Gasteiger partial charge in [0, 0.05) is 5.46 Å². The maximum Gasteiger partial charge on any atom is 0.490 e. The maximum absolute atomic E-state index is 12.8. The molecule has 0 spiro atoms. The van der Waals surface area contributed by atoms with Crippen molar-refractivity contribution < 1.29 is 19.2 Å². The van der Waals surface area contributed by atoms with Gasteiger partial charge in [-0.05, 0) is 42.5 Å². The third-order valence-electron chi connectivity index (χ3n) is 2.57. The molecule has 0 heterocycles. The van der Waals surface area contributed by atoms with E-state index in [9.17, 15) is 4.39 Å². The Morgan fingerprint density at radius 1 is 1.19 bits per heavy atom. The van der Waals surface area contributed by atoms with Gasteiger partial charge in [-0.2, -0.15) is 0 Å². The van der Waals surface area contributed by atoms with E-state index in [0.717, 1.165) is 0 Å². The summed E-state index contributed by atoms with van der Waals surface area (Å²) < 4.78 is 18.1. The second-order valence-corrected chi connectivity index (χ2v) is 4.80. The quantitative estimate of drug-likeness (QED) is 0.595. The Balaban J connectivity index is 2.09. The number of halogens is 2. The maximum atomic E-state index is 12.8. The fourth-order valence-corrected chi connectivity index (χ4v) is 2.07. The van der Waals surface area contributed by atoms with E-state index in [1.165, 1.54) is 30.3 Å². The standard InChI is InChI=1S/C13H10BClFNO3S/c15-12-10(14(18)19)2-1-3-11(12)17-13(21)20-9-6-4-8(16)5-7-9/h1-7,18-19H,(H,17,21). The molecule has 0 unspecified atom stereocenters. The van der Waals surface area contributed by atoms with Gasteiger partial charge >= 0.3 is 7.12 Å². The van der Waals surface area contributed by atoms with Crippen LogP contribution in [0.4, 0.5) is 10.1 Å². The van der Waals surface area contributed by atoms with Crippen LogP contribution < -0.4 is 15.5 Å². The summed E-state index contributed by atoms with van der Waals surface area (Å²) in [5.74, 6) is -0.0164. The van der Waals surface area contributed by atoms with E-state index in [1.54, 1.807) is 12.1 Å². The van der Waals surface area contributed by atoms with Crippen molar-refractivity contribution in [3.05, 3.63) is 53.3 Å². The van der Waals surface area contributed by atoms with Gasteiger partial charge in [0.2, 0.25) is 0 Å². The zero-order valence-electron chi connectivity index (χ0n) is 10.6. The molecule has 0 aliphatic heterocycles. The summed E-state index contributed by atoms with van der Waals surface area (Å²) in [5, 5.41) is 21.2. The minimum Gasteiger partial charge on any atom is -0.432 e. The molecule has 0 aliphatic carbocycles. The van der Waals surface area contributed by atoms with Crippen molar-refractivity contribution in [1.29, 1.82) is 0 Å². The Labute approximate surface area is 131 Å². The Kier molecular flexibility index (Phi) is 5.14. The Hall–Kier alpha value is -1.67. The summed E-state index contributed by atoms with van der Waals surface area (Å²) in [6, 6.07) is 10.0. The smallest absolute Gasteiger partial charge is 0.432 e. The van der Waals surface area contributed by atoms with Crippen LogP contribution in [0.3, 0.4) is 0 Å². The largest absolute Gasteiger partial charge is 0.490 e. The first-order valence-corrected chi connectivity index (χ1v) is 6.65. The van der Waals surface area contributed by atoms with E-state index in [-0.39, 0.29) is 21.5 Å². The lowest BCUT2D eigenvalue weighted by Gasteiger charge is -2.12. The molecular formula is C13H10BClFNO3S. The molecule has 0 fully saturated rings. The Morgan fingerprint density at radius 2 is 1.86 bits per heavy atom. The van der Waals surface area contributed by atoms with Crippen molar-refractivity contribution >= 4 is 47.3 Å². The van der Waals surface area contributed by atoms with Crippen LogP contribution in [0.15, 0.2) is 42.5 Å². The molecule has 108 valence electrons. The van der Waals surface area contributed by atoms with E-state index >= 15 is 0 Å². The number of anilines is 1. The van der Waals surface area contributed by atoms with E-state index in [1.807, 2.05) is 0 Å². The Morgan fingerprint density at radius 3 is 2.48 bits per heavy atom. The van der Waals surface area contributed by atoms with Crippen LogP contribution in [-0.4, -0.2) is 22.3 Å².